The van der Waals surface area contributed by atoms with Gasteiger partial charge in [0, 0.05) is 6.20 Å². The molecule has 0 aromatic carbocycles. The molecule has 0 fully saturated rings. The minimum absolute atomic E-state index is 0.0650. The second-order valence-electron chi connectivity index (χ2n) is 3.44. The minimum Gasteiger partial charge on any atom is -0.362 e. The Balaban J connectivity index is 2.08. The van der Waals surface area contributed by atoms with E-state index in [0.717, 1.165) is 11.4 Å². The fourth-order valence-electron chi connectivity index (χ4n) is 1.27. The van der Waals surface area contributed by atoms with Crippen LogP contribution >= 0.6 is 0 Å². The van der Waals surface area contributed by atoms with Crippen molar-refractivity contribution < 1.29 is 4.79 Å². The van der Waals surface area contributed by atoms with E-state index in [-0.39, 0.29) is 12.3 Å². The number of aromatic nitrogens is 3. The molecule has 0 bridgehead atoms. The van der Waals surface area contributed by atoms with Gasteiger partial charge in [-0.3, -0.25) is 4.79 Å². The molecule has 2 rings (SSSR count). The fraction of sp³-hybridized carbons (Fsp3) is 0.182. The van der Waals surface area contributed by atoms with Crippen molar-refractivity contribution in [1.29, 1.82) is 0 Å². The molecule has 0 unspecified atom stereocenters. The Labute approximate surface area is 92.9 Å². The number of ketones is 1. The van der Waals surface area contributed by atoms with Crippen LogP contribution in [0.25, 0.3) is 11.4 Å². The molecular formula is C11H12N4O. The van der Waals surface area contributed by atoms with Crippen molar-refractivity contribution in [2.24, 2.45) is 0 Å². The molecule has 0 atom stereocenters. The van der Waals surface area contributed by atoms with Crippen molar-refractivity contribution in [3.63, 3.8) is 0 Å². The number of nitrogens with zero attached hydrogens (tertiary/aromatic N) is 2. The number of carbonyl (C=O) groups excluding carboxylic acids is 1. The Morgan fingerprint density at radius 2 is 2.25 bits per heavy atom. The van der Waals surface area contributed by atoms with Gasteiger partial charge in [-0.1, -0.05) is 0 Å². The molecule has 5 nitrogen and oxygen atoms in total. The number of carbonyl (C=O) groups is 1. The summed E-state index contributed by atoms with van der Waals surface area (Å²) in [6.45, 7) is 1.80. The summed E-state index contributed by atoms with van der Waals surface area (Å²) < 4.78 is 0. The van der Waals surface area contributed by atoms with Crippen molar-refractivity contribution in [2.45, 2.75) is 6.92 Å². The lowest BCUT2D eigenvalue weighted by molar-refractivity contribution is -0.115. The third-order valence-electron chi connectivity index (χ3n) is 2.06. The Bertz CT molecular complexity index is 461. The highest BCUT2D eigenvalue weighted by Crippen LogP contribution is 2.13. The van der Waals surface area contributed by atoms with E-state index in [1.807, 2.05) is 24.4 Å². The maximum absolute atomic E-state index is 10.8. The molecule has 82 valence electrons. The normalized spacial score (nSPS) is 10.1. The summed E-state index contributed by atoms with van der Waals surface area (Å²) in [5.74, 6) is 0.667. The monoisotopic (exact) mass is 216 g/mol. The molecule has 16 heavy (non-hydrogen) atoms. The third-order valence-corrected chi connectivity index (χ3v) is 2.06. The van der Waals surface area contributed by atoms with Crippen LogP contribution in [0.2, 0.25) is 0 Å². The highest BCUT2D eigenvalue weighted by Gasteiger charge is 2.01. The predicted octanol–water partition coefficient (Wildman–Crippen LogP) is 1.47. The number of H-pyrrole nitrogens is 1. The number of nitrogens with one attached hydrogen (secondary N) is 2. The molecule has 2 aromatic heterocycles. The van der Waals surface area contributed by atoms with E-state index < -0.39 is 0 Å². The highest BCUT2D eigenvalue weighted by atomic mass is 16.1. The average molecular weight is 216 g/mol. The lowest BCUT2D eigenvalue weighted by Crippen LogP contribution is -2.11. The Morgan fingerprint density at radius 3 is 2.81 bits per heavy atom. The van der Waals surface area contributed by atoms with Gasteiger partial charge in [-0.25, -0.2) is 0 Å². The number of rotatable bonds is 4. The van der Waals surface area contributed by atoms with E-state index in [1.165, 1.54) is 6.92 Å². The van der Waals surface area contributed by atoms with Crippen LogP contribution in [-0.2, 0) is 4.79 Å². The van der Waals surface area contributed by atoms with E-state index >= 15 is 0 Å². The molecule has 0 saturated carbocycles. The number of aromatic amines is 1. The number of anilines is 1. The Morgan fingerprint density at radius 1 is 1.38 bits per heavy atom. The van der Waals surface area contributed by atoms with Crippen molar-refractivity contribution in [2.75, 3.05) is 11.9 Å². The first kappa shape index (κ1) is 10.4. The van der Waals surface area contributed by atoms with E-state index in [4.69, 9.17) is 0 Å². The van der Waals surface area contributed by atoms with E-state index in [9.17, 15) is 4.79 Å². The Hall–Kier alpha value is -2.17. The number of Topliss-reactive ketones (excluding diaryl/α,β-unsaturated/α-hetero) is 1. The molecule has 0 aliphatic carbocycles. The van der Waals surface area contributed by atoms with Crippen LogP contribution in [0.3, 0.4) is 0 Å². The van der Waals surface area contributed by atoms with Gasteiger partial charge in [0.2, 0.25) is 0 Å². The maximum atomic E-state index is 10.8. The lowest BCUT2D eigenvalue weighted by Gasteiger charge is -2.02. The largest absolute Gasteiger partial charge is 0.362 e. The molecule has 0 saturated heterocycles. The first-order valence-electron chi connectivity index (χ1n) is 4.96. The molecule has 2 N–H and O–H groups in total. The van der Waals surface area contributed by atoms with E-state index in [1.54, 1.807) is 6.07 Å². The quantitative estimate of drug-likeness (QED) is 0.812. The second kappa shape index (κ2) is 4.57. The number of hydrogen-bond donors (Lipinski definition) is 2. The zero-order valence-corrected chi connectivity index (χ0v) is 8.90. The zero-order chi connectivity index (χ0) is 11.4. The fourth-order valence-corrected chi connectivity index (χ4v) is 1.27. The first-order valence-corrected chi connectivity index (χ1v) is 4.96. The standard InChI is InChI=1S/C11H12N4O/c1-8(16)7-13-11-5-4-10(14-15-11)9-3-2-6-12-9/h2-6,12H,7H2,1H3,(H,13,15). The first-order chi connectivity index (χ1) is 7.75. The Kier molecular flexibility index (Phi) is 2.95. The minimum atomic E-state index is 0.0650. The van der Waals surface area contributed by atoms with Gasteiger partial charge in [-0.2, -0.15) is 0 Å². The summed E-state index contributed by atoms with van der Waals surface area (Å²) >= 11 is 0. The molecule has 0 radical (unpaired) electrons. The molecule has 0 amide bonds. The van der Waals surface area contributed by atoms with Gasteiger partial charge in [0.1, 0.15) is 17.3 Å². The van der Waals surface area contributed by atoms with Crippen molar-refractivity contribution in [1.82, 2.24) is 15.2 Å². The van der Waals surface area contributed by atoms with Crippen LogP contribution < -0.4 is 5.32 Å². The summed E-state index contributed by atoms with van der Waals surface area (Å²) in [6, 6.07) is 7.47. The van der Waals surface area contributed by atoms with Crippen LogP contribution in [0.4, 0.5) is 5.82 Å². The van der Waals surface area contributed by atoms with E-state index in [0.29, 0.717) is 5.82 Å². The van der Waals surface area contributed by atoms with Gasteiger partial charge in [0.25, 0.3) is 0 Å². The second-order valence-corrected chi connectivity index (χ2v) is 3.44. The highest BCUT2D eigenvalue weighted by molar-refractivity contribution is 5.80. The molecule has 0 aliphatic rings. The summed E-state index contributed by atoms with van der Waals surface area (Å²) in [7, 11) is 0. The smallest absolute Gasteiger partial charge is 0.149 e. The maximum Gasteiger partial charge on any atom is 0.149 e. The molecule has 2 heterocycles. The van der Waals surface area contributed by atoms with Crippen LogP contribution in [0.5, 0.6) is 0 Å². The molecule has 5 heteroatoms. The predicted molar refractivity (Wildman–Crippen MR) is 61.0 cm³/mol. The van der Waals surface area contributed by atoms with Gasteiger partial charge in [-0.05, 0) is 31.2 Å². The zero-order valence-electron chi connectivity index (χ0n) is 8.90. The van der Waals surface area contributed by atoms with E-state index in [2.05, 4.69) is 20.5 Å². The molecular weight excluding hydrogens is 204 g/mol. The van der Waals surface area contributed by atoms with Crippen LogP contribution in [-0.4, -0.2) is 27.5 Å². The van der Waals surface area contributed by atoms with Crippen molar-refractivity contribution in [3.8, 4) is 11.4 Å². The third kappa shape index (κ3) is 2.44. The van der Waals surface area contributed by atoms with Gasteiger partial charge < -0.3 is 10.3 Å². The average Bonchev–Trinajstić information content (AvgIpc) is 2.80. The summed E-state index contributed by atoms with van der Waals surface area (Å²) in [5, 5.41) is 10.9. The van der Waals surface area contributed by atoms with Gasteiger partial charge in [0.05, 0.1) is 12.2 Å². The van der Waals surface area contributed by atoms with Crippen molar-refractivity contribution in [3.05, 3.63) is 30.5 Å². The molecule has 0 spiro atoms. The van der Waals surface area contributed by atoms with Crippen LogP contribution in [0.1, 0.15) is 6.92 Å². The molecule has 2 aromatic rings. The topological polar surface area (TPSA) is 70.7 Å². The SMILES string of the molecule is CC(=O)CNc1ccc(-c2ccc[nH]2)nn1. The van der Waals surface area contributed by atoms with Crippen LogP contribution in [0.15, 0.2) is 30.5 Å². The van der Waals surface area contributed by atoms with Crippen LogP contribution in [0, 0.1) is 0 Å². The summed E-state index contributed by atoms with van der Waals surface area (Å²) in [5.41, 5.74) is 1.70. The van der Waals surface area contributed by atoms with Gasteiger partial charge in [-0.15, -0.1) is 10.2 Å². The molecule has 0 aliphatic heterocycles. The lowest BCUT2D eigenvalue weighted by atomic mass is 10.3. The summed E-state index contributed by atoms with van der Waals surface area (Å²) in [6.07, 6.45) is 1.83. The van der Waals surface area contributed by atoms with Gasteiger partial charge >= 0.3 is 0 Å². The van der Waals surface area contributed by atoms with Crippen molar-refractivity contribution >= 4 is 11.6 Å². The van der Waals surface area contributed by atoms with Gasteiger partial charge in [0.15, 0.2) is 0 Å². The summed E-state index contributed by atoms with van der Waals surface area (Å²) in [4.78, 5) is 13.8. The number of hydrogen-bond acceptors (Lipinski definition) is 4.